The van der Waals surface area contributed by atoms with Crippen molar-refractivity contribution in [2.45, 2.75) is 19.0 Å². The molecule has 11 heteroatoms. The highest BCUT2D eigenvalue weighted by atomic mass is 79.9. The number of amides is 1. The standard InChI is InChI=1S/C20H22BrN7O2S/c1-3-30-17-10-8-16(9-11-17)23-18(29)12-31-20-27-26-19(28(20)22)25-24-13(2)14-4-6-15(21)7-5-14/h4-11H,3,12,22H2,1-2H3,(H,23,29)(H,25,26)/b24-13+. The van der Waals surface area contributed by atoms with Gasteiger partial charge in [0.2, 0.25) is 11.1 Å². The van der Waals surface area contributed by atoms with Crippen LogP contribution in [0.3, 0.4) is 0 Å². The first-order valence-electron chi connectivity index (χ1n) is 9.38. The van der Waals surface area contributed by atoms with Crippen LogP contribution >= 0.6 is 27.7 Å². The van der Waals surface area contributed by atoms with Crippen LogP contribution in [0.5, 0.6) is 5.75 Å². The van der Waals surface area contributed by atoms with Crippen molar-refractivity contribution in [2.75, 3.05) is 28.9 Å². The summed E-state index contributed by atoms with van der Waals surface area (Å²) in [4.78, 5) is 12.2. The van der Waals surface area contributed by atoms with Gasteiger partial charge in [0.25, 0.3) is 5.95 Å². The fourth-order valence-electron chi connectivity index (χ4n) is 2.47. The summed E-state index contributed by atoms with van der Waals surface area (Å²) in [5, 5.41) is 15.5. The summed E-state index contributed by atoms with van der Waals surface area (Å²) in [5.74, 6) is 6.99. The van der Waals surface area contributed by atoms with E-state index < -0.39 is 0 Å². The molecule has 3 aromatic rings. The molecule has 0 saturated heterocycles. The summed E-state index contributed by atoms with van der Waals surface area (Å²) in [5.41, 5.74) is 5.21. The molecular formula is C20H22BrN7O2S. The molecule has 9 nitrogen and oxygen atoms in total. The lowest BCUT2D eigenvalue weighted by Crippen LogP contribution is -2.17. The van der Waals surface area contributed by atoms with Gasteiger partial charge in [-0.25, -0.2) is 10.1 Å². The first-order chi connectivity index (χ1) is 15.0. The highest BCUT2D eigenvalue weighted by molar-refractivity contribution is 9.10. The van der Waals surface area contributed by atoms with E-state index in [4.69, 9.17) is 10.6 Å². The molecule has 4 N–H and O–H groups in total. The van der Waals surface area contributed by atoms with E-state index in [1.165, 1.54) is 16.4 Å². The molecule has 31 heavy (non-hydrogen) atoms. The third-order valence-electron chi connectivity index (χ3n) is 4.03. The number of rotatable bonds is 9. The predicted octanol–water partition coefficient (Wildman–Crippen LogP) is 3.72. The second-order valence-corrected chi connectivity index (χ2v) is 8.14. The summed E-state index contributed by atoms with van der Waals surface area (Å²) in [6.07, 6.45) is 0. The lowest BCUT2D eigenvalue weighted by Gasteiger charge is -2.07. The quantitative estimate of drug-likeness (QED) is 0.176. The van der Waals surface area contributed by atoms with Crippen LogP contribution in [0.25, 0.3) is 0 Å². The summed E-state index contributed by atoms with van der Waals surface area (Å²) in [7, 11) is 0. The molecule has 2 aromatic carbocycles. The summed E-state index contributed by atoms with van der Waals surface area (Å²) < 4.78 is 7.63. The Morgan fingerprint density at radius 3 is 2.58 bits per heavy atom. The van der Waals surface area contributed by atoms with E-state index in [0.29, 0.717) is 17.5 Å². The van der Waals surface area contributed by atoms with Crippen LogP contribution in [0.4, 0.5) is 11.6 Å². The van der Waals surface area contributed by atoms with E-state index in [2.05, 4.69) is 42.0 Å². The van der Waals surface area contributed by atoms with E-state index in [-0.39, 0.29) is 17.6 Å². The number of halogens is 1. The first kappa shape index (κ1) is 22.6. The third-order valence-corrected chi connectivity index (χ3v) is 5.50. The number of anilines is 2. The number of benzene rings is 2. The van der Waals surface area contributed by atoms with Gasteiger partial charge in [-0.2, -0.15) is 5.10 Å². The Bertz CT molecular complexity index is 1050. The zero-order chi connectivity index (χ0) is 22.2. The number of hydrogen-bond acceptors (Lipinski definition) is 8. The van der Waals surface area contributed by atoms with Crippen molar-refractivity contribution in [1.82, 2.24) is 14.9 Å². The van der Waals surface area contributed by atoms with Crippen molar-refractivity contribution >= 4 is 50.9 Å². The molecule has 1 amide bonds. The minimum absolute atomic E-state index is 0.129. The third kappa shape index (κ3) is 6.46. The smallest absolute Gasteiger partial charge is 0.264 e. The fourth-order valence-corrected chi connectivity index (χ4v) is 3.39. The van der Waals surface area contributed by atoms with Gasteiger partial charge in [-0.1, -0.05) is 39.8 Å². The number of nitrogen functional groups attached to an aromatic ring is 1. The molecule has 0 saturated carbocycles. The predicted molar refractivity (Wildman–Crippen MR) is 127 cm³/mol. The molecule has 0 spiro atoms. The molecule has 0 unspecified atom stereocenters. The van der Waals surface area contributed by atoms with E-state index in [9.17, 15) is 4.79 Å². The van der Waals surface area contributed by atoms with Crippen LogP contribution in [-0.2, 0) is 4.79 Å². The number of nitrogens with one attached hydrogen (secondary N) is 2. The molecular weight excluding hydrogens is 482 g/mol. The van der Waals surface area contributed by atoms with Crippen molar-refractivity contribution in [1.29, 1.82) is 0 Å². The SMILES string of the molecule is CCOc1ccc(NC(=O)CSc2nnc(N/N=C(\C)c3ccc(Br)cc3)n2N)cc1. The summed E-state index contributed by atoms with van der Waals surface area (Å²) in [6, 6.07) is 14.9. The normalized spacial score (nSPS) is 11.3. The maximum atomic E-state index is 12.2. The Labute approximate surface area is 192 Å². The molecule has 0 bridgehead atoms. The highest BCUT2D eigenvalue weighted by Gasteiger charge is 2.12. The number of carbonyl (C=O) groups is 1. The maximum Gasteiger partial charge on any atom is 0.264 e. The Hall–Kier alpha value is -3.05. The van der Waals surface area contributed by atoms with Crippen molar-refractivity contribution in [3.05, 3.63) is 58.6 Å². The minimum atomic E-state index is -0.184. The van der Waals surface area contributed by atoms with Gasteiger partial charge >= 0.3 is 0 Å². The molecule has 0 fully saturated rings. The minimum Gasteiger partial charge on any atom is -0.494 e. The van der Waals surface area contributed by atoms with Crippen LogP contribution in [0.15, 0.2) is 63.3 Å². The maximum absolute atomic E-state index is 12.2. The van der Waals surface area contributed by atoms with Crippen LogP contribution in [0, 0.1) is 0 Å². The average Bonchev–Trinajstić information content (AvgIpc) is 3.12. The summed E-state index contributed by atoms with van der Waals surface area (Å²) >= 11 is 4.58. The number of nitrogens with two attached hydrogens (primary N) is 1. The van der Waals surface area contributed by atoms with Crippen molar-refractivity contribution in [3.63, 3.8) is 0 Å². The molecule has 1 heterocycles. The van der Waals surface area contributed by atoms with Gasteiger partial charge in [-0.05, 0) is 55.8 Å². The Kier molecular flexibility index (Phi) is 7.90. The van der Waals surface area contributed by atoms with Gasteiger partial charge in [-0.15, -0.1) is 10.2 Å². The van der Waals surface area contributed by atoms with Crippen LogP contribution in [-0.4, -0.2) is 38.9 Å². The van der Waals surface area contributed by atoms with E-state index in [1.54, 1.807) is 24.3 Å². The van der Waals surface area contributed by atoms with Crippen molar-refractivity contribution in [2.24, 2.45) is 5.10 Å². The Morgan fingerprint density at radius 1 is 1.19 bits per heavy atom. The second kappa shape index (κ2) is 10.8. The number of hydrazone groups is 1. The molecule has 1 aromatic heterocycles. The van der Waals surface area contributed by atoms with Gasteiger partial charge in [0.1, 0.15) is 5.75 Å². The number of carbonyl (C=O) groups excluding carboxylic acids is 1. The molecule has 0 aliphatic carbocycles. The Balaban J connectivity index is 1.53. The fraction of sp³-hybridized carbons (Fsp3) is 0.200. The molecule has 0 radical (unpaired) electrons. The molecule has 162 valence electrons. The van der Waals surface area contributed by atoms with E-state index >= 15 is 0 Å². The van der Waals surface area contributed by atoms with Crippen LogP contribution in [0.1, 0.15) is 19.4 Å². The summed E-state index contributed by atoms with van der Waals surface area (Å²) in [6.45, 7) is 4.38. The average molecular weight is 504 g/mol. The van der Waals surface area contributed by atoms with Crippen molar-refractivity contribution in [3.8, 4) is 5.75 Å². The van der Waals surface area contributed by atoms with Gasteiger partial charge < -0.3 is 15.9 Å². The highest BCUT2D eigenvalue weighted by Crippen LogP contribution is 2.19. The molecule has 0 atom stereocenters. The van der Waals surface area contributed by atoms with Crippen molar-refractivity contribution < 1.29 is 9.53 Å². The van der Waals surface area contributed by atoms with Crippen LogP contribution in [0.2, 0.25) is 0 Å². The van der Waals surface area contributed by atoms with Gasteiger partial charge in [0.05, 0.1) is 18.1 Å². The molecule has 0 aliphatic heterocycles. The zero-order valence-corrected chi connectivity index (χ0v) is 19.4. The van der Waals surface area contributed by atoms with E-state index in [0.717, 1.165) is 21.5 Å². The zero-order valence-electron chi connectivity index (χ0n) is 17.0. The van der Waals surface area contributed by atoms with E-state index in [1.807, 2.05) is 38.1 Å². The number of thioether (sulfide) groups is 1. The molecule has 3 rings (SSSR count). The Morgan fingerprint density at radius 2 is 1.90 bits per heavy atom. The molecule has 0 aliphatic rings. The monoisotopic (exact) mass is 503 g/mol. The number of aromatic nitrogens is 3. The topological polar surface area (TPSA) is 119 Å². The van der Waals surface area contributed by atoms with Crippen LogP contribution < -0.4 is 21.3 Å². The number of hydrogen-bond donors (Lipinski definition) is 3. The lowest BCUT2D eigenvalue weighted by atomic mass is 10.1. The lowest BCUT2D eigenvalue weighted by molar-refractivity contribution is -0.113. The van der Waals surface area contributed by atoms with Gasteiger partial charge in [-0.3, -0.25) is 4.79 Å². The number of nitrogens with zero attached hydrogens (tertiary/aromatic N) is 4. The van der Waals surface area contributed by atoms with Gasteiger partial charge in [0.15, 0.2) is 0 Å². The first-order valence-corrected chi connectivity index (χ1v) is 11.2. The van der Waals surface area contributed by atoms with Gasteiger partial charge in [0, 0.05) is 10.2 Å². The largest absolute Gasteiger partial charge is 0.494 e. The second-order valence-electron chi connectivity index (χ2n) is 6.29. The number of ether oxygens (including phenoxy) is 1.